The van der Waals surface area contributed by atoms with Gasteiger partial charge < -0.3 is 10.0 Å². The maximum atomic E-state index is 12.3. The number of aliphatic hydroxyl groups is 1. The highest BCUT2D eigenvalue weighted by Gasteiger charge is 2.34. The molecule has 3 heterocycles. The minimum Gasteiger partial charge on any atom is -0.391 e. The SMILES string of the molecule is Cc1cc(C[C@@H]2CN(C(=O)CCCc3cccs3)C[C@@H]2O)n[nH]1. The molecule has 0 bridgehead atoms. The van der Waals surface area contributed by atoms with E-state index in [9.17, 15) is 9.90 Å². The third-order valence-corrected chi connectivity index (χ3v) is 5.32. The number of aryl methyl sites for hydroxylation is 2. The van der Waals surface area contributed by atoms with Crippen LogP contribution in [0.25, 0.3) is 0 Å². The van der Waals surface area contributed by atoms with Gasteiger partial charge in [-0.25, -0.2) is 0 Å². The van der Waals surface area contributed by atoms with Gasteiger partial charge in [-0.15, -0.1) is 11.3 Å². The number of carbonyl (C=O) groups is 1. The summed E-state index contributed by atoms with van der Waals surface area (Å²) in [6.45, 7) is 3.04. The highest BCUT2D eigenvalue weighted by atomic mass is 32.1. The number of nitrogens with one attached hydrogen (secondary N) is 1. The summed E-state index contributed by atoms with van der Waals surface area (Å²) >= 11 is 1.74. The van der Waals surface area contributed by atoms with Crippen molar-refractivity contribution in [3.05, 3.63) is 39.8 Å². The Morgan fingerprint density at radius 3 is 3.09 bits per heavy atom. The average Bonchev–Trinajstić information content (AvgIpc) is 3.23. The van der Waals surface area contributed by atoms with E-state index >= 15 is 0 Å². The highest BCUT2D eigenvalue weighted by molar-refractivity contribution is 7.09. The molecule has 6 heteroatoms. The zero-order valence-electron chi connectivity index (χ0n) is 13.4. The average molecular weight is 333 g/mol. The molecule has 0 spiro atoms. The molecule has 1 aliphatic heterocycles. The van der Waals surface area contributed by atoms with Crippen LogP contribution in [0.3, 0.4) is 0 Å². The first kappa shape index (κ1) is 16.2. The molecule has 2 aromatic heterocycles. The molecule has 1 saturated heterocycles. The normalized spacial score (nSPS) is 21.0. The van der Waals surface area contributed by atoms with E-state index < -0.39 is 6.10 Å². The lowest BCUT2D eigenvalue weighted by atomic mass is 10.0. The molecule has 2 N–H and O–H groups in total. The fraction of sp³-hybridized carbons (Fsp3) is 0.529. The quantitative estimate of drug-likeness (QED) is 0.851. The van der Waals surface area contributed by atoms with Crippen LogP contribution >= 0.6 is 11.3 Å². The van der Waals surface area contributed by atoms with Crippen LogP contribution in [-0.2, 0) is 17.6 Å². The summed E-state index contributed by atoms with van der Waals surface area (Å²) in [6.07, 6.45) is 2.64. The standard InChI is InChI=1S/C17H23N3O2S/c1-12-8-14(19-18-12)9-13-10-20(11-16(13)21)17(22)6-2-4-15-5-3-7-23-15/h3,5,7-8,13,16,21H,2,4,6,9-11H2,1H3,(H,18,19)/t13-,16+/m1/s1. The predicted octanol–water partition coefficient (Wildman–Crippen LogP) is 2.16. The van der Waals surface area contributed by atoms with Crippen molar-refractivity contribution in [2.45, 2.75) is 38.7 Å². The predicted molar refractivity (Wildman–Crippen MR) is 90.4 cm³/mol. The molecular formula is C17H23N3O2S. The second-order valence-corrected chi connectivity index (χ2v) is 7.34. The minimum atomic E-state index is -0.451. The summed E-state index contributed by atoms with van der Waals surface area (Å²) in [6, 6.07) is 6.15. The molecule has 0 aliphatic carbocycles. The maximum Gasteiger partial charge on any atom is 0.222 e. The minimum absolute atomic E-state index is 0.0824. The molecule has 124 valence electrons. The Bertz CT molecular complexity index is 638. The van der Waals surface area contributed by atoms with Gasteiger partial charge in [-0.3, -0.25) is 9.89 Å². The Hall–Kier alpha value is -1.66. The summed E-state index contributed by atoms with van der Waals surface area (Å²) in [7, 11) is 0. The Kier molecular flexibility index (Phi) is 5.13. The van der Waals surface area contributed by atoms with Crippen LogP contribution in [0.5, 0.6) is 0 Å². The van der Waals surface area contributed by atoms with E-state index in [4.69, 9.17) is 0 Å². The number of hydrogen-bond donors (Lipinski definition) is 2. The number of rotatable bonds is 6. The van der Waals surface area contributed by atoms with E-state index in [-0.39, 0.29) is 11.8 Å². The topological polar surface area (TPSA) is 69.2 Å². The van der Waals surface area contributed by atoms with E-state index in [1.165, 1.54) is 4.88 Å². The molecule has 5 nitrogen and oxygen atoms in total. The molecule has 3 rings (SSSR count). The number of β-amino-alcohol motifs (C(OH)–C–C–N with tert-alkyl or cyclic N) is 1. The zero-order valence-corrected chi connectivity index (χ0v) is 14.2. The van der Waals surface area contributed by atoms with Gasteiger partial charge in [0.25, 0.3) is 0 Å². The lowest BCUT2D eigenvalue weighted by molar-refractivity contribution is -0.130. The Morgan fingerprint density at radius 2 is 2.39 bits per heavy atom. The van der Waals surface area contributed by atoms with Crippen LogP contribution in [-0.4, -0.2) is 45.3 Å². The van der Waals surface area contributed by atoms with Crippen LogP contribution in [0.1, 0.15) is 29.1 Å². The van der Waals surface area contributed by atoms with E-state index in [2.05, 4.69) is 21.6 Å². The lowest BCUT2D eigenvalue weighted by Gasteiger charge is -2.15. The first-order valence-electron chi connectivity index (χ1n) is 8.11. The number of carbonyl (C=O) groups excluding carboxylic acids is 1. The molecule has 1 aliphatic rings. The van der Waals surface area contributed by atoms with Gasteiger partial charge >= 0.3 is 0 Å². The maximum absolute atomic E-state index is 12.3. The fourth-order valence-electron chi connectivity index (χ4n) is 3.13. The Morgan fingerprint density at radius 1 is 1.52 bits per heavy atom. The summed E-state index contributed by atoms with van der Waals surface area (Å²) in [5.74, 6) is 0.236. The van der Waals surface area contributed by atoms with E-state index in [1.54, 1.807) is 11.3 Å². The van der Waals surface area contributed by atoms with E-state index in [1.807, 2.05) is 24.0 Å². The van der Waals surface area contributed by atoms with Gasteiger partial charge in [0.2, 0.25) is 5.91 Å². The second-order valence-electron chi connectivity index (χ2n) is 6.31. The molecule has 0 aromatic carbocycles. The van der Waals surface area contributed by atoms with Gasteiger partial charge in [0.15, 0.2) is 0 Å². The second kappa shape index (κ2) is 7.27. The molecular weight excluding hydrogens is 310 g/mol. The number of amides is 1. The summed E-state index contributed by atoms with van der Waals surface area (Å²) in [5.41, 5.74) is 1.98. The van der Waals surface area contributed by atoms with Gasteiger partial charge in [-0.2, -0.15) is 5.10 Å². The van der Waals surface area contributed by atoms with Gasteiger partial charge in [-0.05, 0) is 43.7 Å². The summed E-state index contributed by atoms with van der Waals surface area (Å²) in [5, 5.41) is 19.4. The van der Waals surface area contributed by atoms with Crippen LogP contribution in [0.2, 0.25) is 0 Å². The number of hydrogen-bond acceptors (Lipinski definition) is 4. The van der Waals surface area contributed by atoms with E-state index in [0.29, 0.717) is 25.9 Å². The number of H-pyrrole nitrogens is 1. The monoisotopic (exact) mass is 333 g/mol. The van der Waals surface area contributed by atoms with Gasteiger partial charge in [0.1, 0.15) is 0 Å². The molecule has 2 atom stereocenters. The number of nitrogens with zero attached hydrogens (tertiary/aromatic N) is 2. The van der Waals surface area contributed by atoms with Crippen LogP contribution in [0, 0.1) is 12.8 Å². The van der Waals surface area contributed by atoms with Crippen molar-refractivity contribution in [2.75, 3.05) is 13.1 Å². The first-order valence-corrected chi connectivity index (χ1v) is 8.99. The van der Waals surface area contributed by atoms with E-state index in [0.717, 1.165) is 24.2 Å². The van der Waals surface area contributed by atoms with Crippen molar-refractivity contribution >= 4 is 17.2 Å². The zero-order chi connectivity index (χ0) is 16.2. The number of likely N-dealkylation sites (tertiary alicyclic amines) is 1. The number of aromatic nitrogens is 2. The third kappa shape index (κ3) is 4.20. The number of thiophene rings is 1. The molecule has 0 unspecified atom stereocenters. The molecule has 23 heavy (non-hydrogen) atoms. The van der Waals surface area contributed by atoms with Crippen LogP contribution in [0.15, 0.2) is 23.6 Å². The fourth-order valence-corrected chi connectivity index (χ4v) is 3.88. The smallest absolute Gasteiger partial charge is 0.222 e. The molecule has 0 saturated carbocycles. The lowest BCUT2D eigenvalue weighted by Crippen LogP contribution is -2.29. The number of aliphatic hydroxyl groups excluding tert-OH is 1. The van der Waals surface area contributed by atoms with Gasteiger partial charge in [0.05, 0.1) is 11.8 Å². The van der Waals surface area contributed by atoms with Crippen molar-refractivity contribution in [1.29, 1.82) is 0 Å². The largest absolute Gasteiger partial charge is 0.391 e. The molecule has 2 aromatic rings. The van der Waals surface area contributed by atoms with Crippen molar-refractivity contribution in [1.82, 2.24) is 15.1 Å². The van der Waals surface area contributed by atoms with Crippen molar-refractivity contribution in [2.24, 2.45) is 5.92 Å². The van der Waals surface area contributed by atoms with Crippen molar-refractivity contribution in [3.8, 4) is 0 Å². The molecule has 1 amide bonds. The van der Waals surface area contributed by atoms with Crippen LogP contribution in [0.4, 0.5) is 0 Å². The first-order chi connectivity index (χ1) is 11.1. The number of aromatic amines is 1. The van der Waals surface area contributed by atoms with Crippen LogP contribution < -0.4 is 0 Å². The van der Waals surface area contributed by atoms with Crippen molar-refractivity contribution < 1.29 is 9.90 Å². The Balaban J connectivity index is 1.46. The highest BCUT2D eigenvalue weighted by Crippen LogP contribution is 2.22. The third-order valence-electron chi connectivity index (χ3n) is 4.38. The summed E-state index contributed by atoms with van der Waals surface area (Å²) < 4.78 is 0. The van der Waals surface area contributed by atoms with Gasteiger partial charge in [0, 0.05) is 36.0 Å². The Labute approximate surface area is 140 Å². The summed E-state index contributed by atoms with van der Waals surface area (Å²) in [4.78, 5) is 15.5. The van der Waals surface area contributed by atoms with Crippen molar-refractivity contribution in [3.63, 3.8) is 0 Å². The van der Waals surface area contributed by atoms with Gasteiger partial charge in [-0.1, -0.05) is 6.07 Å². The molecule has 1 fully saturated rings. The molecule has 0 radical (unpaired) electrons.